The van der Waals surface area contributed by atoms with Gasteiger partial charge in [-0.3, -0.25) is 0 Å². The maximum atomic E-state index is 11.9. The van der Waals surface area contributed by atoms with E-state index >= 15 is 0 Å². The van der Waals surface area contributed by atoms with Crippen molar-refractivity contribution in [1.82, 2.24) is 0 Å². The standard InChI is InChI=1S/C28H26O5/c1-17(2)27(29)32-23-11-7-20(8-12-23)21-9-13-24(19(5)15-21)22-10-14-25(26(16-22)31-6)33-28(30)18(3)4/h7-16H,1,3H2,2,4-6H3. The molecule has 0 amide bonds. The fraction of sp³-hybridized carbons (Fsp3) is 0.143. The molecule has 5 heteroatoms. The highest BCUT2D eigenvalue weighted by Crippen LogP contribution is 2.35. The van der Waals surface area contributed by atoms with Crippen LogP contribution < -0.4 is 14.2 Å². The van der Waals surface area contributed by atoms with Crippen LogP contribution in [0.15, 0.2) is 85.0 Å². The number of hydrogen-bond donors (Lipinski definition) is 0. The second-order valence-electron chi connectivity index (χ2n) is 7.76. The van der Waals surface area contributed by atoms with Gasteiger partial charge in [0.1, 0.15) is 5.75 Å². The second-order valence-corrected chi connectivity index (χ2v) is 7.76. The first-order valence-corrected chi connectivity index (χ1v) is 10.3. The van der Waals surface area contributed by atoms with E-state index in [1.54, 1.807) is 32.0 Å². The quantitative estimate of drug-likeness (QED) is 0.244. The van der Waals surface area contributed by atoms with Gasteiger partial charge in [-0.15, -0.1) is 0 Å². The molecule has 0 N–H and O–H groups in total. The molecule has 0 unspecified atom stereocenters. The smallest absolute Gasteiger partial charge is 0.338 e. The SMILES string of the molecule is C=C(C)C(=O)Oc1ccc(-c2ccc(-c3ccc(OC(=O)C(=C)C)c(OC)c3)c(C)c2)cc1. The first-order valence-electron chi connectivity index (χ1n) is 10.3. The number of carbonyl (C=O) groups is 2. The molecule has 0 spiro atoms. The van der Waals surface area contributed by atoms with Crippen LogP contribution >= 0.6 is 0 Å². The molecular formula is C28H26O5. The molecule has 0 aliphatic heterocycles. The van der Waals surface area contributed by atoms with Gasteiger partial charge in [-0.25, -0.2) is 9.59 Å². The van der Waals surface area contributed by atoms with Gasteiger partial charge in [-0.2, -0.15) is 0 Å². The van der Waals surface area contributed by atoms with Gasteiger partial charge in [-0.1, -0.05) is 49.6 Å². The summed E-state index contributed by atoms with van der Waals surface area (Å²) in [4.78, 5) is 23.5. The van der Waals surface area contributed by atoms with Crippen molar-refractivity contribution in [2.45, 2.75) is 20.8 Å². The van der Waals surface area contributed by atoms with E-state index < -0.39 is 11.9 Å². The molecule has 0 atom stereocenters. The number of aryl methyl sites for hydroxylation is 1. The Labute approximate surface area is 193 Å². The number of ether oxygens (including phenoxy) is 3. The monoisotopic (exact) mass is 442 g/mol. The molecule has 3 rings (SSSR count). The summed E-state index contributed by atoms with van der Waals surface area (Å²) in [5.41, 5.74) is 5.74. The third-order valence-electron chi connectivity index (χ3n) is 5.00. The fourth-order valence-corrected chi connectivity index (χ4v) is 3.18. The summed E-state index contributed by atoms with van der Waals surface area (Å²) in [7, 11) is 1.53. The zero-order valence-corrected chi connectivity index (χ0v) is 19.2. The molecule has 33 heavy (non-hydrogen) atoms. The third kappa shape index (κ3) is 5.57. The van der Waals surface area contributed by atoms with Gasteiger partial charge in [0.2, 0.25) is 0 Å². The lowest BCUT2D eigenvalue weighted by atomic mass is 9.95. The number of benzene rings is 3. The molecule has 0 aliphatic carbocycles. The van der Waals surface area contributed by atoms with E-state index in [0.717, 1.165) is 27.8 Å². The number of esters is 2. The zero-order valence-electron chi connectivity index (χ0n) is 19.2. The topological polar surface area (TPSA) is 61.8 Å². The molecule has 0 heterocycles. The molecular weight excluding hydrogens is 416 g/mol. The van der Waals surface area contributed by atoms with Crippen LogP contribution in [0.1, 0.15) is 19.4 Å². The van der Waals surface area contributed by atoms with Crippen LogP contribution in [0.3, 0.4) is 0 Å². The molecule has 0 radical (unpaired) electrons. The minimum atomic E-state index is -0.498. The minimum Gasteiger partial charge on any atom is -0.493 e. The number of carbonyl (C=O) groups excluding carboxylic acids is 2. The predicted molar refractivity (Wildman–Crippen MR) is 130 cm³/mol. The first kappa shape index (κ1) is 23.5. The van der Waals surface area contributed by atoms with E-state index in [-0.39, 0.29) is 0 Å². The molecule has 0 fully saturated rings. The Bertz CT molecular complexity index is 1240. The highest BCUT2D eigenvalue weighted by molar-refractivity contribution is 5.89. The summed E-state index contributed by atoms with van der Waals surface area (Å²) >= 11 is 0. The van der Waals surface area contributed by atoms with Crippen molar-refractivity contribution >= 4 is 11.9 Å². The molecule has 0 aromatic heterocycles. The van der Waals surface area contributed by atoms with E-state index in [2.05, 4.69) is 19.2 Å². The fourth-order valence-electron chi connectivity index (χ4n) is 3.18. The van der Waals surface area contributed by atoms with Crippen LogP contribution in [0, 0.1) is 6.92 Å². The van der Waals surface area contributed by atoms with Crippen molar-refractivity contribution in [3.05, 3.63) is 90.5 Å². The second kappa shape index (κ2) is 10.0. The maximum Gasteiger partial charge on any atom is 0.338 e. The zero-order chi connectivity index (χ0) is 24.1. The Morgan fingerprint density at radius 1 is 0.697 bits per heavy atom. The van der Waals surface area contributed by atoms with Gasteiger partial charge in [0.25, 0.3) is 0 Å². The van der Waals surface area contributed by atoms with Crippen molar-refractivity contribution < 1.29 is 23.8 Å². The van der Waals surface area contributed by atoms with Crippen LogP contribution in [0.4, 0.5) is 0 Å². The van der Waals surface area contributed by atoms with Crippen molar-refractivity contribution in [2.24, 2.45) is 0 Å². The Morgan fingerprint density at radius 2 is 1.27 bits per heavy atom. The summed E-state index contributed by atoms with van der Waals surface area (Å²) in [6, 6.07) is 18.9. The minimum absolute atomic E-state index is 0.314. The maximum absolute atomic E-state index is 11.9. The Balaban J connectivity index is 1.84. The Hall–Kier alpha value is -4.12. The molecule has 168 valence electrons. The summed E-state index contributed by atoms with van der Waals surface area (Å²) in [5.74, 6) is 0.335. The predicted octanol–water partition coefficient (Wildman–Crippen LogP) is 6.30. The normalized spacial score (nSPS) is 10.3. The molecule has 0 saturated heterocycles. The van der Waals surface area contributed by atoms with Gasteiger partial charge in [0, 0.05) is 11.1 Å². The van der Waals surface area contributed by atoms with Crippen molar-refractivity contribution in [3.8, 4) is 39.5 Å². The number of methoxy groups -OCH3 is 1. The first-order chi connectivity index (χ1) is 15.7. The van der Waals surface area contributed by atoms with Gasteiger partial charge < -0.3 is 14.2 Å². The number of rotatable bonds is 7. The molecule has 3 aromatic rings. The van der Waals surface area contributed by atoms with E-state index in [1.807, 2.05) is 43.3 Å². The van der Waals surface area contributed by atoms with Crippen LogP contribution in [-0.2, 0) is 9.59 Å². The van der Waals surface area contributed by atoms with E-state index in [9.17, 15) is 9.59 Å². The van der Waals surface area contributed by atoms with Crippen molar-refractivity contribution in [1.29, 1.82) is 0 Å². The summed E-state index contributed by atoms with van der Waals surface area (Å²) < 4.78 is 16.0. The Kier molecular flexibility index (Phi) is 7.13. The van der Waals surface area contributed by atoms with E-state index in [1.165, 1.54) is 7.11 Å². The lowest BCUT2D eigenvalue weighted by Crippen LogP contribution is -2.09. The number of hydrogen-bond acceptors (Lipinski definition) is 5. The van der Waals surface area contributed by atoms with Crippen molar-refractivity contribution in [3.63, 3.8) is 0 Å². The molecule has 5 nitrogen and oxygen atoms in total. The molecule has 0 aliphatic rings. The summed E-state index contributed by atoms with van der Waals surface area (Å²) in [5, 5.41) is 0. The highest BCUT2D eigenvalue weighted by atomic mass is 16.6. The van der Waals surface area contributed by atoms with Gasteiger partial charge in [0.05, 0.1) is 7.11 Å². The molecule has 0 bridgehead atoms. The van der Waals surface area contributed by atoms with Crippen molar-refractivity contribution in [2.75, 3.05) is 7.11 Å². The largest absolute Gasteiger partial charge is 0.493 e. The van der Waals surface area contributed by atoms with Gasteiger partial charge in [-0.05, 0) is 72.9 Å². The summed E-state index contributed by atoms with van der Waals surface area (Å²) in [6.45, 7) is 12.4. The van der Waals surface area contributed by atoms with Gasteiger partial charge in [0.15, 0.2) is 11.5 Å². The van der Waals surface area contributed by atoms with E-state index in [0.29, 0.717) is 28.4 Å². The summed E-state index contributed by atoms with van der Waals surface area (Å²) in [6.07, 6.45) is 0. The average molecular weight is 443 g/mol. The average Bonchev–Trinajstić information content (AvgIpc) is 2.79. The van der Waals surface area contributed by atoms with Crippen LogP contribution in [-0.4, -0.2) is 19.0 Å². The van der Waals surface area contributed by atoms with E-state index in [4.69, 9.17) is 14.2 Å². The third-order valence-corrected chi connectivity index (χ3v) is 5.00. The van der Waals surface area contributed by atoms with Crippen LogP contribution in [0.2, 0.25) is 0 Å². The van der Waals surface area contributed by atoms with Crippen LogP contribution in [0.5, 0.6) is 17.2 Å². The lowest BCUT2D eigenvalue weighted by molar-refractivity contribution is -0.131. The van der Waals surface area contributed by atoms with Crippen LogP contribution in [0.25, 0.3) is 22.3 Å². The molecule has 0 saturated carbocycles. The molecule has 3 aromatic carbocycles. The highest BCUT2D eigenvalue weighted by Gasteiger charge is 2.13. The van der Waals surface area contributed by atoms with Gasteiger partial charge >= 0.3 is 11.9 Å². The lowest BCUT2D eigenvalue weighted by Gasteiger charge is -2.13. The Morgan fingerprint density at radius 3 is 1.85 bits per heavy atom.